The second-order valence-electron chi connectivity index (χ2n) is 5.54. The Balaban J connectivity index is 2.36. The number of carbonyl (C=O) groups is 1. The fourth-order valence-electron chi connectivity index (χ4n) is 2.75. The minimum atomic E-state index is -1.21. The minimum absolute atomic E-state index is 0.129. The summed E-state index contributed by atoms with van der Waals surface area (Å²) >= 11 is 0. The van der Waals surface area contributed by atoms with Crippen molar-refractivity contribution in [3.8, 4) is 0 Å². The molecule has 0 bridgehead atoms. The molecule has 1 N–H and O–H groups in total. The van der Waals surface area contributed by atoms with Crippen LogP contribution >= 0.6 is 0 Å². The maximum Gasteiger partial charge on any atom is 0.339 e. The van der Waals surface area contributed by atoms with Gasteiger partial charge in [0.1, 0.15) is 17.6 Å². The van der Waals surface area contributed by atoms with E-state index < -0.39 is 10.9 Å². The lowest BCUT2D eigenvalue weighted by Crippen LogP contribution is -2.34. The molecule has 0 spiro atoms. The molecule has 0 radical (unpaired) electrons. The number of carboxylic acid groups (broad SMARTS) is 1. The number of hydrogen-bond acceptors (Lipinski definition) is 6. The molecule has 21 heavy (non-hydrogen) atoms. The first-order chi connectivity index (χ1) is 9.81. The molecule has 1 fully saturated rings. The van der Waals surface area contributed by atoms with Crippen LogP contribution in [0.2, 0.25) is 0 Å². The number of hydrogen-bond donors (Lipinski definition) is 1. The Labute approximate surface area is 122 Å². The predicted octanol–water partition coefficient (Wildman–Crippen LogP) is 1.07. The minimum Gasteiger partial charge on any atom is -0.478 e. The number of rotatable bonds is 4. The molecule has 2 heterocycles. The van der Waals surface area contributed by atoms with Crippen molar-refractivity contribution in [2.75, 3.05) is 32.1 Å². The molecule has 114 valence electrons. The van der Waals surface area contributed by atoms with Gasteiger partial charge in [-0.1, -0.05) is 6.92 Å². The summed E-state index contributed by atoms with van der Waals surface area (Å²) in [6.45, 7) is 3.42. The Morgan fingerprint density at radius 1 is 1.52 bits per heavy atom. The van der Waals surface area contributed by atoms with E-state index >= 15 is 0 Å². The van der Waals surface area contributed by atoms with Crippen molar-refractivity contribution >= 4 is 17.5 Å². The van der Waals surface area contributed by atoms with Crippen molar-refractivity contribution in [2.45, 2.75) is 13.0 Å². The van der Waals surface area contributed by atoms with E-state index in [4.69, 9.17) is 0 Å². The van der Waals surface area contributed by atoms with Gasteiger partial charge >= 0.3 is 5.97 Å². The molecule has 2 rings (SSSR count). The van der Waals surface area contributed by atoms with Gasteiger partial charge in [0.25, 0.3) is 5.69 Å². The Kier molecular flexibility index (Phi) is 4.08. The standard InChI is InChI=1S/C13H18N4O4/c1-8-6-16(7-11(8)15(2)3)12-10(13(18)19)4-9(5-14-12)17(20)21/h4-5,8,11H,6-7H2,1-3H3,(H,18,19). The van der Waals surface area contributed by atoms with Gasteiger partial charge in [0.05, 0.1) is 4.92 Å². The van der Waals surface area contributed by atoms with E-state index in [9.17, 15) is 20.0 Å². The first-order valence-electron chi connectivity index (χ1n) is 6.60. The summed E-state index contributed by atoms with van der Waals surface area (Å²) in [5.41, 5.74) is -0.441. The number of pyridine rings is 1. The van der Waals surface area contributed by atoms with Crippen LogP contribution < -0.4 is 4.90 Å². The van der Waals surface area contributed by atoms with E-state index in [-0.39, 0.29) is 11.3 Å². The van der Waals surface area contributed by atoms with E-state index in [0.29, 0.717) is 30.9 Å². The van der Waals surface area contributed by atoms with Crippen LogP contribution in [0.15, 0.2) is 12.3 Å². The first kappa shape index (κ1) is 15.2. The molecular formula is C13H18N4O4. The molecule has 8 heteroatoms. The highest BCUT2D eigenvalue weighted by molar-refractivity contribution is 5.94. The SMILES string of the molecule is CC1CN(c2ncc([N+](=O)[O-])cc2C(=O)O)CC1N(C)C. The maximum atomic E-state index is 11.4. The van der Waals surface area contributed by atoms with Crippen molar-refractivity contribution in [3.63, 3.8) is 0 Å². The number of nitro groups is 1. The summed E-state index contributed by atoms with van der Waals surface area (Å²) in [5, 5.41) is 20.0. The molecule has 0 saturated carbocycles. The first-order valence-corrected chi connectivity index (χ1v) is 6.60. The number of carboxylic acids is 1. The smallest absolute Gasteiger partial charge is 0.339 e. The van der Waals surface area contributed by atoms with Crippen molar-refractivity contribution in [1.29, 1.82) is 0 Å². The lowest BCUT2D eigenvalue weighted by atomic mass is 10.1. The maximum absolute atomic E-state index is 11.4. The second-order valence-corrected chi connectivity index (χ2v) is 5.54. The third-order valence-electron chi connectivity index (χ3n) is 3.83. The van der Waals surface area contributed by atoms with E-state index in [1.165, 1.54) is 0 Å². The van der Waals surface area contributed by atoms with Crippen molar-refractivity contribution in [1.82, 2.24) is 9.88 Å². The largest absolute Gasteiger partial charge is 0.478 e. The lowest BCUT2D eigenvalue weighted by Gasteiger charge is -2.23. The Morgan fingerprint density at radius 2 is 2.19 bits per heavy atom. The number of anilines is 1. The summed E-state index contributed by atoms with van der Waals surface area (Å²) in [7, 11) is 3.96. The van der Waals surface area contributed by atoms with Gasteiger partial charge in [-0.2, -0.15) is 0 Å². The second kappa shape index (κ2) is 5.65. The summed E-state index contributed by atoms with van der Waals surface area (Å²) in [6, 6.07) is 1.36. The summed E-state index contributed by atoms with van der Waals surface area (Å²) < 4.78 is 0. The van der Waals surface area contributed by atoms with E-state index in [2.05, 4.69) is 16.8 Å². The van der Waals surface area contributed by atoms with Crippen LogP contribution in [0, 0.1) is 16.0 Å². The highest BCUT2D eigenvalue weighted by atomic mass is 16.6. The van der Waals surface area contributed by atoms with Crippen LogP contribution in [0.3, 0.4) is 0 Å². The number of aromatic nitrogens is 1. The van der Waals surface area contributed by atoms with Crippen molar-refractivity contribution in [2.24, 2.45) is 5.92 Å². The highest BCUT2D eigenvalue weighted by Gasteiger charge is 2.34. The molecule has 8 nitrogen and oxygen atoms in total. The van der Waals surface area contributed by atoms with Gasteiger partial charge in [0.15, 0.2) is 0 Å². The highest BCUT2D eigenvalue weighted by Crippen LogP contribution is 2.29. The molecular weight excluding hydrogens is 276 g/mol. The average molecular weight is 294 g/mol. The number of likely N-dealkylation sites (N-methyl/N-ethyl adjacent to an activating group) is 1. The molecule has 0 amide bonds. The Bertz CT molecular complexity index is 575. The summed E-state index contributed by atoms with van der Waals surface area (Å²) in [6.07, 6.45) is 1.11. The molecule has 1 aromatic heterocycles. The quantitative estimate of drug-likeness (QED) is 0.655. The Morgan fingerprint density at radius 3 is 2.67 bits per heavy atom. The van der Waals surface area contributed by atoms with Gasteiger partial charge in [-0.25, -0.2) is 9.78 Å². The van der Waals surface area contributed by atoms with E-state index in [0.717, 1.165) is 12.3 Å². The van der Waals surface area contributed by atoms with Crippen LogP contribution in [0.5, 0.6) is 0 Å². The Hall–Kier alpha value is -2.22. The molecule has 0 aliphatic carbocycles. The molecule has 1 aliphatic rings. The fraction of sp³-hybridized carbons (Fsp3) is 0.538. The van der Waals surface area contributed by atoms with Gasteiger partial charge < -0.3 is 14.9 Å². The third kappa shape index (κ3) is 2.94. The van der Waals surface area contributed by atoms with Crippen LogP contribution in [0.4, 0.5) is 11.5 Å². The molecule has 1 aliphatic heterocycles. The van der Waals surface area contributed by atoms with E-state index in [1.54, 1.807) is 0 Å². The van der Waals surface area contributed by atoms with Crippen molar-refractivity contribution in [3.05, 3.63) is 27.9 Å². The lowest BCUT2D eigenvalue weighted by molar-refractivity contribution is -0.385. The van der Waals surface area contributed by atoms with Crippen LogP contribution in [-0.2, 0) is 0 Å². The van der Waals surface area contributed by atoms with Gasteiger partial charge in [-0.15, -0.1) is 0 Å². The molecule has 1 saturated heterocycles. The molecule has 2 unspecified atom stereocenters. The number of aromatic carboxylic acids is 1. The normalized spacial score (nSPS) is 21.8. The van der Waals surface area contributed by atoms with Crippen LogP contribution in [0.25, 0.3) is 0 Å². The molecule has 2 atom stereocenters. The predicted molar refractivity (Wildman–Crippen MR) is 76.7 cm³/mol. The third-order valence-corrected chi connectivity index (χ3v) is 3.83. The summed E-state index contributed by atoms with van der Waals surface area (Å²) in [4.78, 5) is 29.5. The topological polar surface area (TPSA) is 99.8 Å². The zero-order valence-electron chi connectivity index (χ0n) is 12.2. The molecule has 1 aromatic rings. The van der Waals surface area contributed by atoms with Gasteiger partial charge in [-0.3, -0.25) is 10.1 Å². The average Bonchev–Trinajstić information content (AvgIpc) is 2.80. The van der Waals surface area contributed by atoms with Gasteiger partial charge in [0.2, 0.25) is 0 Å². The zero-order chi connectivity index (χ0) is 15.7. The van der Waals surface area contributed by atoms with Crippen LogP contribution in [0.1, 0.15) is 17.3 Å². The van der Waals surface area contributed by atoms with E-state index in [1.807, 2.05) is 19.0 Å². The fourth-order valence-corrected chi connectivity index (χ4v) is 2.75. The monoisotopic (exact) mass is 294 g/mol. The molecule has 0 aromatic carbocycles. The number of nitrogens with zero attached hydrogens (tertiary/aromatic N) is 4. The van der Waals surface area contributed by atoms with Crippen molar-refractivity contribution < 1.29 is 14.8 Å². The summed E-state index contributed by atoms with van der Waals surface area (Å²) in [5.74, 6) is -0.551. The van der Waals surface area contributed by atoms with Gasteiger partial charge in [0, 0.05) is 25.2 Å². The van der Waals surface area contributed by atoms with Gasteiger partial charge in [-0.05, 0) is 20.0 Å². The zero-order valence-corrected chi connectivity index (χ0v) is 12.2. The van der Waals surface area contributed by atoms with Crippen LogP contribution in [-0.4, -0.2) is 59.1 Å².